The lowest BCUT2D eigenvalue weighted by Gasteiger charge is -2.32. The number of carbonyl (C=O) groups is 13. The van der Waals surface area contributed by atoms with E-state index in [1.165, 1.54) is 42.3 Å². The average Bonchev–Trinajstić information content (AvgIpc) is 1.78. The Labute approximate surface area is 565 Å². The zero-order chi connectivity index (χ0) is 70.1. The van der Waals surface area contributed by atoms with Gasteiger partial charge in [0.05, 0.1) is 18.4 Å². The number of esters is 1. The Hall–Kier alpha value is -7.83. The summed E-state index contributed by atoms with van der Waals surface area (Å²) in [4.78, 5) is 181. The molecular weight excluding hydrogens is 1260 g/mol. The maximum absolute atomic E-state index is 15.0. The number of benzene rings is 2. The van der Waals surface area contributed by atoms with Crippen LogP contribution in [-0.2, 0) is 79.9 Å². The highest BCUT2D eigenvalue weighted by Gasteiger charge is 2.43. The molecule has 0 spiro atoms. The molecule has 0 aliphatic carbocycles. The predicted molar refractivity (Wildman–Crippen MR) is 361 cm³/mol. The number of carbonyl (C=O) groups excluding carboxylic acids is 13. The molecule has 2 saturated heterocycles. The normalized spacial score (nSPS) is 16.9. The van der Waals surface area contributed by atoms with Gasteiger partial charge in [0.25, 0.3) is 0 Å². The summed E-state index contributed by atoms with van der Waals surface area (Å²) in [6, 6.07) is 5.84. The van der Waals surface area contributed by atoms with Crippen LogP contribution in [-0.4, -0.2) is 203 Å². The second-order valence-electron chi connectivity index (χ2n) is 24.3. The van der Waals surface area contributed by atoms with Crippen LogP contribution < -0.4 is 64.6 Å². The predicted octanol–water partition coefficient (Wildman–Crippen LogP) is -0.251. The van der Waals surface area contributed by atoms with E-state index >= 15 is 4.79 Å². The van der Waals surface area contributed by atoms with Gasteiger partial charge in [-0.05, 0) is 101 Å². The minimum atomic E-state index is -1.35. The van der Waals surface area contributed by atoms with Crippen LogP contribution >= 0.6 is 23.5 Å². The summed E-state index contributed by atoms with van der Waals surface area (Å²) in [5, 5.41) is 27.4. The number of nitrogens with zero attached hydrogens (tertiary/aromatic N) is 2. The molecule has 0 bridgehead atoms. The van der Waals surface area contributed by atoms with Crippen LogP contribution in [0.2, 0.25) is 0 Å². The number of likely N-dealkylation sites (tertiary alicyclic amines) is 2. The van der Waals surface area contributed by atoms with Gasteiger partial charge in [-0.3, -0.25) is 57.5 Å². The molecule has 2 heterocycles. The van der Waals surface area contributed by atoms with Crippen LogP contribution in [0.25, 0.3) is 0 Å². The second kappa shape index (κ2) is 41.9. The van der Waals surface area contributed by atoms with Crippen LogP contribution in [0.5, 0.6) is 0 Å². The lowest BCUT2D eigenvalue weighted by atomic mass is 9.99. The molecule has 2 aromatic rings. The molecule has 10 atom stereocenters. The summed E-state index contributed by atoms with van der Waals surface area (Å²) >= 11 is 2.29. The van der Waals surface area contributed by atoms with Crippen molar-refractivity contribution in [1.29, 1.82) is 0 Å². The molecule has 0 unspecified atom stereocenters. The van der Waals surface area contributed by atoms with Gasteiger partial charge in [0.15, 0.2) is 0 Å². The van der Waals surface area contributed by atoms with Crippen LogP contribution in [0.3, 0.4) is 0 Å². The maximum atomic E-state index is 15.0. The molecule has 95 heavy (non-hydrogen) atoms. The smallest absolute Gasteiger partial charge is 0.328 e. The van der Waals surface area contributed by atoms with E-state index in [0.29, 0.717) is 36.8 Å². The summed E-state index contributed by atoms with van der Waals surface area (Å²) in [7, 11) is 0. The molecule has 2 aromatic carbocycles. The third kappa shape index (κ3) is 27.4. The highest BCUT2D eigenvalue weighted by atomic mass is 32.2. The quantitative estimate of drug-likeness (QED) is 0.0232. The van der Waals surface area contributed by atoms with Gasteiger partial charge in [0.2, 0.25) is 70.9 Å². The Balaban J connectivity index is 1.57. The largest absolute Gasteiger partial charge is 0.464 e. The lowest BCUT2D eigenvalue weighted by Crippen LogP contribution is -2.61. The average molecular weight is 1370 g/mol. The zero-order valence-corrected chi connectivity index (χ0v) is 57.6. The first-order valence-electron chi connectivity index (χ1n) is 32.6. The van der Waals surface area contributed by atoms with Crippen molar-refractivity contribution in [1.82, 2.24) is 63.0 Å². The number of hydrogen-bond acceptors (Lipinski definition) is 18. The summed E-state index contributed by atoms with van der Waals surface area (Å²) in [6.45, 7) is 13.3. The minimum Gasteiger partial charge on any atom is -0.464 e. The van der Waals surface area contributed by atoms with Gasteiger partial charge in [-0.25, -0.2) is 4.79 Å². The van der Waals surface area contributed by atoms with Crippen molar-refractivity contribution in [3.05, 3.63) is 71.8 Å². The molecule has 2 fully saturated rings. The Morgan fingerprint density at radius 3 is 1.34 bits per heavy atom. The number of hydrogen-bond donors (Lipinski definition) is 12. The molecule has 0 aromatic heterocycles. The van der Waals surface area contributed by atoms with Gasteiger partial charge in [-0.1, -0.05) is 88.4 Å². The highest BCUT2D eigenvalue weighted by molar-refractivity contribution is 7.99. The standard InChI is InChI=1S/C65H100N14O14S2/c1-9-93-65(92)54-27-19-31-79(54)64(91)50(34-45-22-14-11-15-23-45)75-60(87)52(36-95-38-69-42(7)81)76-57(84)47(25-17-29-67)72-62(89)55(40(4)5)77-61(88)53-26-18-30-78(53)63(90)49(33-44-20-12-10-13-21-44)74-58(85)48(32-39(2)3)73-56(83)46(24-16-28-66)71-59(86)51(70-43(8)82)35-94-37-68-41(6)80/h10-15,20-23,39-40,46-55H,9,16-19,24-38,66-67H2,1-8H3,(H,68,80)(H,69,81)(H,70,82)(H,71,86)(H,72,89)(H,73,83)(H,74,85)(H,75,87)(H,76,84)(H,77,88)/t46-,47-,48-,49+,50+,51-,52-,53-,54-,55-/m0/s1. The van der Waals surface area contributed by atoms with Crippen LogP contribution in [0.15, 0.2) is 60.7 Å². The van der Waals surface area contributed by atoms with Crippen LogP contribution in [0.4, 0.5) is 0 Å². The molecule has 30 heteroatoms. The highest BCUT2D eigenvalue weighted by Crippen LogP contribution is 2.23. The number of ether oxygens (including phenoxy) is 1. The molecule has 28 nitrogen and oxygen atoms in total. The summed E-state index contributed by atoms with van der Waals surface area (Å²) < 4.78 is 5.28. The van der Waals surface area contributed by atoms with Gasteiger partial charge in [-0.15, -0.1) is 23.5 Å². The number of nitrogens with one attached hydrogen (secondary N) is 10. The SMILES string of the molecule is CCOC(=O)[C@@H]1CCCN1C(=O)[C@@H](Cc1ccccc1)NC(=O)[C@H](CSCNC(C)=O)NC(=O)[C@H](CCCN)NC(=O)[C@@H](NC(=O)[C@@H]1CCCN1C(=O)[C@@H](Cc1ccccc1)NC(=O)[C@H](CC(C)C)NC(=O)[C@H](CCCN)NC(=O)[C@H](CSCNC(C)=O)NC(C)=O)C(C)C. The third-order valence-corrected chi connectivity index (χ3v) is 17.6. The van der Waals surface area contributed by atoms with Crippen molar-refractivity contribution in [2.45, 2.75) is 186 Å². The fourth-order valence-electron chi connectivity index (χ4n) is 10.9. The van der Waals surface area contributed by atoms with E-state index in [-0.39, 0.29) is 119 Å². The Morgan fingerprint density at radius 1 is 0.505 bits per heavy atom. The van der Waals surface area contributed by atoms with E-state index in [1.54, 1.807) is 81.4 Å². The van der Waals surface area contributed by atoms with Gasteiger partial charge in [0, 0.05) is 58.2 Å². The van der Waals surface area contributed by atoms with E-state index in [1.807, 2.05) is 13.8 Å². The van der Waals surface area contributed by atoms with Crippen molar-refractivity contribution >= 4 is 100 Å². The first-order chi connectivity index (χ1) is 45.3. The molecule has 0 saturated carbocycles. The molecule has 2 aliphatic heterocycles. The molecular formula is C65H100N14O14S2. The second-order valence-corrected chi connectivity index (χ2v) is 26.4. The Morgan fingerprint density at radius 2 is 0.905 bits per heavy atom. The summed E-state index contributed by atoms with van der Waals surface area (Å²) in [6.07, 6.45) is 2.16. The number of nitrogens with two attached hydrogens (primary N) is 2. The number of rotatable bonds is 40. The number of thioether (sulfide) groups is 2. The Bertz CT molecular complexity index is 2900. The Kier molecular flexibility index (Phi) is 35.1. The third-order valence-electron chi connectivity index (χ3n) is 15.7. The van der Waals surface area contributed by atoms with Gasteiger partial charge < -0.3 is 79.2 Å². The lowest BCUT2D eigenvalue weighted by molar-refractivity contribution is -0.153. The molecule has 526 valence electrons. The van der Waals surface area contributed by atoms with Crippen LogP contribution in [0, 0.1) is 11.8 Å². The van der Waals surface area contributed by atoms with Crippen molar-refractivity contribution in [2.75, 3.05) is 56.0 Å². The van der Waals surface area contributed by atoms with E-state index in [0.717, 1.165) is 11.8 Å². The van der Waals surface area contributed by atoms with E-state index in [2.05, 4.69) is 53.2 Å². The van der Waals surface area contributed by atoms with Gasteiger partial charge in [0.1, 0.15) is 60.4 Å². The topological polar surface area (TPSA) is 410 Å². The van der Waals surface area contributed by atoms with E-state index in [9.17, 15) is 57.5 Å². The van der Waals surface area contributed by atoms with Crippen molar-refractivity contribution in [3.8, 4) is 0 Å². The summed E-state index contributed by atoms with van der Waals surface area (Å²) in [5.74, 6) is -8.56. The van der Waals surface area contributed by atoms with E-state index < -0.39 is 131 Å². The van der Waals surface area contributed by atoms with Gasteiger partial charge in [-0.2, -0.15) is 0 Å². The fourth-order valence-corrected chi connectivity index (χ4v) is 12.7. The van der Waals surface area contributed by atoms with Crippen molar-refractivity contribution in [2.24, 2.45) is 23.3 Å². The summed E-state index contributed by atoms with van der Waals surface area (Å²) in [5.41, 5.74) is 13.1. The maximum Gasteiger partial charge on any atom is 0.328 e. The molecule has 14 N–H and O–H groups in total. The van der Waals surface area contributed by atoms with E-state index in [4.69, 9.17) is 16.2 Å². The number of amides is 12. The first-order valence-corrected chi connectivity index (χ1v) is 34.9. The molecule has 0 radical (unpaired) electrons. The minimum absolute atomic E-state index is 0.00517. The molecule has 12 amide bonds. The first kappa shape index (κ1) is 79.6. The molecule has 4 rings (SSSR count). The zero-order valence-electron chi connectivity index (χ0n) is 55.9. The monoisotopic (exact) mass is 1360 g/mol. The van der Waals surface area contributed by atoms with Gasteiger partial charge >= 0.3 is 5.97 Å². The van der Waals surface area contributed by atoms with Crippen LogP contribution in [0.1, 0.15) is 124 Å². The fraction of sp³-hybridized carbons (Fsp3) is 0.615. The van der Waals surface area contributed by atoms with Crippen molar-refractivity contribution < 1.29 is 67.1 Å². The van der Waals surface area contributed by atoms with Crippen molar-refractivity contribution in [3.63, 3.8) is 0 Å². The molecule has 2 aliphatic rings.